The first kappa shape index (κ1) is 20.6. The Kier molecular flexibility index (Phi) is 5.69. The Labute approximate surface area is 165 Å². The third kappa shape index (κ3) is 4.48. The first-order chi connectivity index (χ1) is 13.1. The number of ketones is 1. The molecular weight excluding hydrogens is 380 g/mol. The van der Waals surface area contributed by atoms with E-state index in [1.165, 1.54) is 23.4 Å². The number of rotatable bonds is 5. The van der Waals surface area contributed by atoms with E-state index >= 15 is 0 Å². The van der Waals surface area contributed by atoms with Gasteiger partial charge in [-0.2, -0.15) is 9.29 Å². The van der Waals surface area contributed by atoms with Crippen molar-refractivity contribution in [3.05, 3.63) is 41.5 Å². The standard InChI is InChI=1S/C19H26N4O4S/c1-14(24)15-6-5-7-16(12-15)28(25,26)23-10-8-22(9-11-23)13-17-20-18(27-21-17)19(2,3)4/h5-7,12H,8-11,13H2,1-4H3. The highest BCUT2D eigenvalue weighted by atomic mass is 32.2. The third-order valence-corrected chi connectivity index (χ3v) is 6.58. The number of hydrogen-bond acceptors (Lipinski definition) is 7. The SMILES string of the molecule is CC(=O)c1cccc(S(=O)(=O)N2CCN(Cc3noc(C(C)(C)C)n3)CC2)c1. The second kappa shape index (κ2) is 7.73. The Morgan fingerprint density at radius 3 is 2.43 bits per heavy atom. The number of piperazine rings is 1. The van der Waals surface area contributed by atoms with Gasteiger partial charge in [-0.25, -0.2) is 8.42 Å². The van der Waals surface area contributed by atoms with Crippen LogP contribution in [-0.2, 0) is 22.0 Å². The molecule has 0 spiro atoms. The maximum absolute atomic E-state index is 12.9. The van der Waals surface area contributed by atoms with Crippen LogP contribution in [0.15, 0.2) is 33.7 Å². The summed E-state index contributed by atoms with van der Waals surface area (Å²) in [6.07, 6.45) is 0. The summed E-state index contributed by atoms with van der Waals surface area (Å²) in [7, 11) is -3.62. The number of Topliss-reactive ketones (excluding diaryl/α,β-unsaturated/α-hetero) is 1. The molecule has 152 valence electrons. The van der Waals surface area contributed by atoms with Gasteiger partial charge in [0.15, 0.2) is 11.6 Å². The van der Waals surface area contributed by atoms with E-state index in [2.05, 4.69) is 15.0 Å². The van der Waals surface area contributed by atoms with Gasteiger partial charge in [-0.1, -0.05) is 38.1 Å². The van der Waals surface area contributed by atoms with Crippen LogP contribution in [0.25, 0.3) is 0 Å². The van der Waals surface area contributed by atoms with E-state index < -0.39 is 10.0 Å². The molecule has 28 heavy (non-hydrogen) atoms. The first-order valence-electron chi connectivity index (χ1n) is 9.24. The molecule has 0 unspecified atom stereocenters. The monoisotopic (exact) mass is 406 g/mol. The Balaban J connectivity index is 1.64. The summed E-state index contributed by atoms with van der Waals surface area (Å²) in [6.45, 7) is 9.86. The molecule has 0 saturated carbocycles. The Hall–Kier alpha value is -2.10. The molecule has 1 aliphatic rings. The number of hydrogen-bond donors (Lipinski definition) is 0. The molecule has 9 heteroatoms. The van der Waals surface area contributed by atoms with E-state index in [1.807, 2.05) is 20.8 Å². The number of carbonyl (C=O) groups is 1. The minimum atomic E-state index is -3.62. The molecule has 0 aliphatic carbocycles. The lowest BCUT2D eigenvalue weighted by Crippen LogP contribution is -2.48. The van der Waals surface area contributed by atoms with Gasteiger partial charge in [0.1, 0.15) is 0 Å². The van der Waals surface area contributed by atoms with E-state index in [0.717, 1.165) is 0 Å². The number of carbonyl (C=O) groups excluding carboxylic acids is 1. The molecule has 2 aromatic rings. The highest BCUT2D eigenvalue weighted by Gasteiger charge is 2.30. The van der Waals surface area contributed by atoms with Gasteiger partial charge in [0.2, 0.25) is 15.9 Å². The molecule has 2 heterocycles. The predicted octanol–water partition coefficient (Wildman–Crippen LogP) is 2.08. The Bertz CT molecular complexity index is 954. The van der Waals surface area contributed by atoms with Crippen molar-refractivity contribution in [3.63, 3.8) is 0 Å². The van der Waals surface area contributed by atoms with Crippen LogP contribution < -0.4 is 0 Å². The molecule has 3 rings (SSSR count). The summed E-state index contributed by atoms with van der Waals surface area (Å²) in [5, 5.41) is 4.03. The van der Waals surface area contributed by atoms with Crippen molar-refractivity contribution in [1.29, 1.82) is 0 Å². The van der Waals surface area contributed by atoms with Gasteiger partial charge in [-0.3, -0.25) is 9.69 Å². The van der Waals surface area contributed by atoms with Gasteiger partial charge in [0.25, 0.3) is 0 Å². The van der Waals surface area contributed by atoms with Crippen molar-refractivity contribution < 1.29 is 17.7 Å². The minimum Gasteiger partial charge on any atom is -0.339 e. The van der Waals surface area contributed by atoms with E-state index in [9.17, 15) is 13.2 Å². The molecule has 1 fully saturated rings. The van der Waals surface area contributed by atoms with Crippen LogP contribution in [0.4, 0.5) is 0 Å². The average Bonchev–Trinajstić information content (AvgIpc) is 3.11. The highest BCUT2D eigenvalue weighted by molar-refractivity contribution is 7.89. The lowest BCUT2D eigenvalue weighted by atomic mass is 9.97. The lowest BCUT2D eigenvalue weighted by molar-refractivity contribution is 0.101. The summed E-state index contributed by atoms with van der Waals surface area (Å²) in [6, 6.07) is 6.19. The summed E-state index contributed by atoms with van der Waals surface area (Å²) in [5.41, 5.74) is 0.193. The van der Waals surface area contributed by atoms with Crippen molar-refractivity contribution in [2.45, 2.75) is 44.6 Å². The summed E-state index contributed by atoms with van der Waals surface area (Å²) in [5.74, 6) is 1.04. The highest BCUT2D eigenvalue weighted by Crippen LogP contribution is 2.22. The fourth-order valence-electron chi connectivity index (χ4n) is 2.98. The van der Waals surface area contributed by atoms with Gasteiger partial charge in [-0.15, -0.1) is 0 Å². The van der Waals surface area contributed by atoms with Crippen LogP contribution in [0.5, 0.6) is 0 Å². The molecule has 8 nitrogen and oxygen atoms in total. The number of benzene rings is 1. The maximum atomic E-state index is 12.9. The zero-order valence-electron chi connectivity index (χ0n) is 16.7. The Morgan fingerprint density at radius 1 is 1.18 bits per heavy atom. The molecule has 0 atom stereocenters. The minimum absolute atomic E-state index is 0.154. The molecule has 0 amide bonds. The Morgan fingerprint density at radius 2 is 1.86 bits per heavy atom. The fourth-order valence-corrected chi connectivity index (χ4v) is 4.44. The average molecular weight is 407 g/mol. The lowest BCUT2D eigenvalue weighted by Gasteiger charge is -2.33. The van der Waals surface area contributed by atoms with Gasteiger partial charge < -0.3 is 4.52 Å². The molecule has 1 aliphatic heterocycles. The molecule has 0 bridgehead atoms. The second-order valence-corrected chi connectivity index (χ2v) is 9.97. The van der Waals surface area contributed by atoms with Crippen LogP contribution in [0.3, 0.4) is 0 Å². The smallest absolute Gasteiger partial charge is 0.243 e. The largest absolute Gasteiger partial charge is 0.339 e. The topological polar surface area (TPSA) is 96.6 Å². The quantitative estimate of drug-likeness (QED) is 0.701. The molecular formula is C19H26N4O4S. The number of sulfonamides is 1. The van der Waals surface area contributed by atoms with E-state index in [4.69, 9.17) is 4.52 Å². The zero-order valence-corrected chi connectivity index (χ0v) is 17.5. The fraction of sp³-hybridized carbons (Fsp3) is 0.526. The van der Waals surface area contributed by atoms with E-state index in [-0.39, 0.29) is 16.1 Å². The van der Waals surface area contributed by atoms with Crippen molar-refractivity contribution in [1.82, 2.24) is 19.3 Å². The molecule has 1 saturated heterocycles. The summed E-state index contributed by atoms with van der Waals surface area (Å²) < 4.78 is 32.6. The normalized spacial score (nSPS) is 17.0. The van der Waals surface area contributed by atoms with Crippen LogP contribution in [-0.4, -0.2) is 59.7 Å². The van der Waals surface area contributed by atoms with Crippen molar-refractivity contribution >= 4 is 15.8 Å². The van der Waals surface area contributed by atoms with Crippen LogP contribution in [0, 0.1) is 0 Å². The first-order valence-corrected chi connectivity index (χ1v) is 10.7. The second-order valence-electron chi connectivity index (χ2n) is 8.03. The van der Waals surface area contributed by atoms with Gasteiger partial charge in [0, 0.05) is 37.2 Å². The van der Waals surface area contributed by atoms with Gasteiger partial charge in [0.05, 0.1) is 11.4 Å². The van der Waals surface area contributed by atoms with Crippen LogP contribution in [0.1, 0.15) is 49.8 Å². The summed E-state index contributed by atoms with van der Waals surface area (Å²) in [4.78, 5) is 18.2. The maximum Gasteiger partial charge on any atom is 0.243 e. The molecule has 1 aromatic heterocycles. The van der Waals surface area contributed by atoms with Crippen molar-refractivity contribution in [2.75, 3.05) is 26.2 Å². The van der Waals surface area contributed by atoms with Gasteiger partial charge >= 0.3 is 0 Å². The third-order valence-electron chi connectivity index (χ3n) is 4.68. The summed E-state index contributed by atoms with van der Waals surface area (Å²) >= 11 is 0. The van der Waals surface area contributed by atoms with Crippen LogP contribution in [0.2, 0.25) is 0 Å². The molecule has 0 radical (unpaired) electrons. The van der Waals surface area contributed by atoms with Crippen molar-refractivity contribution in [2.24, 2.45) is 0 Å². The zero-order chi connectivity index (χ0) is 20.5. The van der Waals surface area contributed by atoms with E-state index in [0.29, 0.717) is 50.0 Å². The van der Waals surface area contributed by atoms with Gasteiger partial charge in [-0.05, 0) is 19.1 Å². The number of aromatic nitrogens is 2. The predicted molar refractivity (Wildman–Crippen MR) is 103 cm³/mol. The van der Waals surface area contributed by atoms with Crippen LogP contribution >= 0.6 is 0 Å². The molecule has 0 N–H and O–H groups in total. The number of nitrogens with zero attached hydrogens (tertiary/aromatic N) is 4. The molecule has 1 aromatic carbocycles. The van der Waals surface area contributed by atoms with E-state index in [1.54, 1.807) is 12.1 Å². The van der Waals surface area contributed by atoms with Crippen molar-refractivity contribution in [3.8, 4) is 0 Å².